The maximum absolute atomic E-state index is 6.31. The SMILES string of the molecule is CC1(C)Cc2c(ccn2CCCOCC2CC2)C(N)C1. The van der Waals surface area contributed by atoms with Gasteiger partial charge in [0.05, 0.1) is 0 Å². The maximum atomic E-state index is 6.31. The van der Waals surface area contributed by atoms with E-state index in [4.69, 9.17) is 10.5 Å². The summed E-state index contributed by atoms with van der Waals surface area (Å²) in [5.74, 6) is 0.869. The lowest BCUT2D eigenvalue weighted by Crippen LogP contribution is -2.30. The molecular formula is C17H28N2O. The fraction of sp³-hybridized carbons (Fsp3) is 0.765. The standard InChI is InChI=1S/C17H28N2O/c1-17(2)10-15(18)14-6-8-19(16(14)11-17)7-3-9-20-12-13-4-5-13/h6,8,13,15H,3-5,7,9-12,18H2,1-2H3. The van der Waals surface area contributed by atoms with Crippen LogP contribution in [-0.2, 0) is 17.7 Å². The molecule has 1 unspecified atom stereocenters. The number of hydrogen-bond donors (Lipinski definition) is 1. The summed E-state index contributed by atoms with van der Waals surface area (Å²) >= 11 is 0. The maximum Gasteiger partial charge on any atom is 0.0494 e. The highest BCUT2D eigenvalue weighted by molar-refractivity contribution is 5.30. The van der Waals surface area contributed by atoms with Crippen molar-refractivity contribution < 1.29 is 4.74 Å². The van der Waals surface area contributed by atoms with E-state index in [1.165, 1.54) is 24.1 Å². The summed E-state index contributed by atoms with van der Waals surface area (Å²) in [7, 11) is 0. The Balaban J connectivity index is 1.54. The molecule has 20 heavy (non-hydrogen) atoms. The molecule has 112 valence electrons. The van der Waals surface area contributed by atoms with E-state index in [1.807, 2.05) is 0 Å². The van der Waals surface area contributed by atoms with Crippen LogP contribution >= 0.6 is 0 Å². The summed E-state index contributed by atoms with van der Waals surface area (Å²) in [6.45, 7) is 7.57. The van der Waals surface area contributed by atoms with Gasteiger partial charge in [0.2, 0.25) is 0 Å². The van der Waals surface area contributed by atoms with E-state index >= 15 is 0 Å². The summed E-state index contributed by atoms with van der Waals surface area (Å²) in [4.78, 5) is 0. The molecule has 1 aromatic rings. The lowest BCUT2D eigenvalue weighted by atomic mass is 9.74. The van der Waals surface area contributed by atoms with Crippen LogP contribution in [0, 0.1) is 11.3 Å². The third-order valence-electron chi connectivity index (χ3n) is 4.67. The van der Waals surface area contributed by atoms with Crippen LogP contribution in [0.2, 0.25) is 0 Å². The number of hydrogen-bond acceptors (Lipinski definition) is 2. The van der Waals surface area contributed by atoms with E-state index in [-0.39, 0.29) is 6.04 Å². The van der Waals surface area contributed by atoms with E-state index in [0.717, 1.165) is 44.9 Å². The van der Waals surface area contributed by atoms with E-state index < -0.39 is 0 Å². The van der Waals surface area contributed by atoms with Crippen LogP contribution in [0.25, 0.3) is 0 Å². The van der Waals surface area contributed by atoms with Crippen molar-refractivity contribution in [1.29, 1.82) is 0 Å². The predicted molar refractivity (Wildman–Crippen MR) is 81.6 cm³/mol. The van der Waals surface area contributed by atoms with Crippen molar-refractivity contribution in [3.8, 4) is 0 Å². The molecule has 1 aromatic heterocycles. The number of nitrogens with zero attached hydrogens (tertiary/aromatic N) is 1. The Morgan fingerprint density at radius 2 is 2.20 bits per heavy atom. The lowest BCUT2D eigenvalue weighted by Gasteiger charge is -2.34. The van der Waals surface area contributed by atoms with Crippen molar-refractivity contribution in [2.75, 3.05) is 13.2 Å². The largest absolute Gasteiger partial charge is 0.381 e. The second kappa shape index (κ2) is 5.53. The molecule has 2 aliphatic carbocycles. The fourth-order valence-electron chi connectivity index (χ4n) is 3.38. The molecule has 3 nitrogen and oxygen atoms in total. The van der Waals surface area contributed by atoms with Crippen LogP contribution < -0.4 is 5.73 Å². The van der Waals surface area contributed by atoms with Gasteiger partial charge in [-0.25, -0.2) is 0 Å². The highest BCUT2D eigenvalue weighted by Gasteiger charge is 2.32. The van der Waals surface area contributed by atoms with Crippen molar-refractivity contribution in [3.63, 3.8) is 0 Å². The first kappa shape index (κ1) is 14.2. The Hall–Kier alpha value is -0.800. The summed E-state index contributed by atoms with van der Waals surface area (Å²) in [6.07, 6.45) is 8.30. The van der Waals surface area contributed by atoms with Gasteiger partial charge >= 0.3 is 0 Å². The predicted octanol–water partition coefficient (Wildman–Crippen LogP) is 3.28. The second-order valence-electron chi connectivity index (χ2n) is 7.43. The molecule has 2 N–H and O–H groups in total. The molecule has 0 amide bonds. The van der Waals surface area contributed by atoms with Gasteiger partial charge < -0.3 is 15.0 Å². The zero-order chi connectivity index (χ0) is 14.2. The van der Waals surface area contributed by atoms with Gasteiger partial charge in [-0.05, 0) is 55.1 Å². The molecule has 0 bridgehead atoms. The minimum atomic E-state index is 0.209. The number of ether oxygens (including phenoxy) is 1. The van der Waals surface area contributed by atoms with Crippen molar-refractivity contribution in [2.45, 2.75) is 58.5 Å². The lowest BCUT2D eigenvalue weighted by molar-refractivity contribution is 0.119. The quantitative estimate of drug-likeness (QED) is 0.810. The second-order valence-corrected chi connectivity index (χ2v) is 7.43. The highest BCUT2D eigenvalue weighted by atomic mass is 16.5. The average molecular weight is 276 g/mol. The van der Waals surface area contributed by atoms with E-state index in [2.05, 4.69) is 30.7 Å². The molecule has 2 aliphatic rings. The number of aromatic nitrogens is 1. The molecular weight excluding hydrogens is 248 g/mol. The van der Waals surface area contributed by atoms with Gasteiger partial charge in [0, 0.05) is 37.7 Å². The highest BCUT2D eigenvalue weighted by Crippen LogP contribution is 2.40. The monoisotopic (exact) mass is 276 g/mol. The van der Waals surface area contributed by atoms with Crippen LogP contribution in [0.1, 0.15) is 56.8 Å². The zero-order valence-electron chi connectivity index (χ0n) is 12.9. The Morgan fingerprint density at radius 1 is 1.40 bits per heavy atom. The Kier molecular flexibility index (Phi) is 3.91. The van der Waals surface area contributed by atoms with Crippen molar-refractivity contribution >= 4 is 0 Å². The first-order valence-corrected chi connectivity index (χ1v) is 8.06. The molecule has 0 spiro atoms. The van der Waals surface area contributed by atoms with Gasteiger partial charge in [-0.3, -0.25) is 0 Å². The smallest absolute Gasteiger partial charge is 0.0494 e. The molecule has 1 atom stereocenters. The summed E-state index contributed by atoms with van der Waals surface area (Å²) in [6, 6.07) is 2.43. The number of aryl methyl sites for hydroxylation is 1. The Labute approximate surface area is 122 Å². The zero-order valence-corrected chi connectivity index (χ0v) is 12.9. The topological polar surface area (TPSA) is 40.2 Å². The van der Waals surface area contributed by atoms with Crippen LogP contribution in [0.5, 0.6) is 0 Å². The molecule has 0 radical (unpaired) electrons. The molecule has 1 fully saturated rings. The van der Waals surface area contributed by atoms with Crippen LogP contribution in [0.3, 0.4) is 0 Å². The van der Waals surface area contributed by atoms with E-state index in [0.29, 0.717) is 5.41 Å². The Morgan fingerprint density at radius 3 is 2.95 bits per heavy atom. The first-order valence-electron chi connectivity index (χ1n) is 8.06. The molecule has 3 rings (SSSR count). The number of rotatable bonds is 6. The van der Waals surface area contributed by atoms with Gasteiger partial charge in [-0.2, -0.15) is 0 Å². The average Bonchev–Trinajstić information content (AvgIpc) is 3.09. The van der Waals surface area contributed by atoms with Crippen molar-refractivity contribution in [1.82, 2.24) is 4.57 Å². The van der Waals surface area contributed by atoms with Gasteiger partial charge in [0.1, 0.15) is 0 Å². The summed E-state index contributed by atoms with van der Waals surface area (Å²) in [5.41, 5.74) is 9.46. The fourth-order valence-corrected chi connectivity index (χ4v) is 3.38. The molecule has 1 heterocycles. The van der Waals surface area contributed by atoms with E-state index in [1.54, 1.807) is 0 Å². The minimum Gasteiger partial charge on any atom is -0.381 e. The molecule has 0 aromatic carbocycles. The number of nitrogens with two attached hydrogens (primary N) is 1. The van der Waals surface area contributed by atoms with Crippen molar-refractivity contribution in [3.05, 3.63) is 23.5 Å². The molecule has 0 aliphatic heterocycles. The normalized spacial score (nSPS) is 24.6. The van der Waals surface area contributed by atoms with Gasteiger partial charge in [-0.15, -0.1) is 0 Å². The summed E-state index contributed by atoms with van der Waals surface area (Å²) in [5, 5.41) is 0. The van der Waals surface area contributed by atoms with Crippen molar-refractivity contribution in [2.24, 2.45) is 17.1 Å². The van der Waals surface area contributed by atoms with Gasteiger partial charge in [0.25, 0.3) is 0 Å². The summed E-state index contributed by atoms with van der Waals surface area (Å²) < 4.78 is 8.12. The van der Waals surface area contributed by atoms with Crippen LogP contribution in [0.4, 0.5) is 0 Å². The Bertz CT molecular complexity index is 460. The van der Waals surface area contributed by atoms with Crippen LogP contribution in [0.15, 0.2) is 12.3 Å². The van der Waals surface area contributed by atoms with E-state index in [9.17, 15) is 0 Å². The van der Waals surface area contributed by atoms with Gasteiger partial charge in [-0.1, -0.05) is 13.8 Å². The van der Waals surface area contributed by atoms with Crippen LogP contribution in [-0.4, -0.2) is 17.8 Å². The molecule has 3 heteroatoms. The molecule has 0 saturated heterocycles. The van der Waals surface area contributed by atoms with Gasteiger partial charge in [0.15, 0.2) is 0 Å². The first-order chi connectivity index (χ1) is 9.55. The molecule has 1 saturated carbocycles. The minimum absolute atomic E-state index is 0.209. The number of fused-ring (bicyclic) bond motifs is 1. The third kappa shape index (κ3) is 3.26. The third-order valence-corrected chi connectivity index (χ3v) is 4.67.